The largest absolute Gasteiger partial charge is 0.0683 e. The van der Waals surface area contributed by atoms with Crippen LogP contribution >= 0.6 is 0 Å². The Balaban J connectivity index is 0.00000171. The van der Waals surface area contributed by atoms with Gasteiger partial charge in [-0.05, 0) is 53.7 Å². The molecular weight excluding hydrogens is 336 g/mol. The van der Waals surface area contributed by atoms with Gasteiger partial charge in [-0.25, -0.2) is 0 Å². The molecule has 0 aliphatic heterocycles. The molecule has 0 saturated heterocycles. The van der Waals surface area contributed by atoms with Crippen LogP contribution in [0.15, 0.2) is 54.6 Å². The van der Waals surface area contributed by atoms with Gasteiger partial charge in [-0.2, -0.15) is 0 Å². The van der Waals surface area contributed by atoms with Crippen LogP contribution in [0.1, 0.15) is 104 Å². The van der Waals surface area contributed by atoms with Crippen molar-refractivity contribution in [2.45, 2.75) is 99.8 Å². The maximum absolute atomic E-state index is 2.48. The summed E-state index contributed by atoms with van der Waals surface area (Å²) in [5.74, 6) is 0.672. The summed E-state index contributed by atoms with van der Waals surface area (Å²) < 4.78 is 0. The summed E-state index contributed by atoms with van der Waals surface area (Å²) in [5, 5.41) is 0. The molecule has 2 aromatic rings. The number of hydrogen-bond donors (Lipinski definition) is 0. The average Bonchev–Trinajstić information content (AvgIpc) is 2.77. The first-order valence-electron chi connectivity index (χ1n) is 11.8. The minimum Gasteiger partial charge on any atom is -0.0683 e. The SMILES string of the molecule is CC.CC.CCCC(C)(CC)C(CC)c1ccc(CCc2ccccc2)cc1. The van der Waals surface area contributed by atoms with Crippen LogP contribution in [-0.2, 0) is 12.8 Å². The van der Waals surface area contributed by atoms with Crippen molar-refractivity contribution in [1.29, 1.82) is 0 Å². The van der Waals surface area contributed by atoms with E-state index in [1.807, 2.05) is 27.7 Å². The van der Waals surface area contributed by atoms with Crippen LogP contribution in [0.4, 0.5) is 0 Å². The van der Waals surface area contributed by atoms with E-state index < -0.39 is 0 Å². The Bertz CT molecular complexity index is 581. The molecule has 158 valence electrons. The maximum atomic E-state index is 2.48. The van der Waals surface area contributed by atoms with Crippen molar-refractivity contribution >= 4 is 0 Å². The molecule has 2 rings (SSSR count). The van der Waals surface area contributed by atoms with E-state index in [9.17, 15) is 0 Å². The zero-order valence-corrected chi connectivity index (χ0v) is 20.0. The van der Waals surface area contributed by atoms with E-state index in [-0.39, 0.29) is 0 Å². The fraction of sp³-hybridized carbons (Fsp3) is 0.571. The van der Waals surface area contributed by atoms with Crippen molar-refractivity contribution in [2.75, 3.05) is 0 Å². The van der Waals surface area contributed by atoms with E-state index >= 15 is 0 Å². The third kappa shape index (κ3) is 8.21. The van der Waals surface area contributed by atoms with E-state index in [2.05, 4.69) is 82.3 Å². The maximum Gasteiger partial charge on any atom is -0.0111 e. The second-order valence-electron chi connectivity index (χ2n) is 7.45. The third-order valence-corrected chi connectivity index (χ3v) is 5.81. The second kappa shape index (κ2) is 15.4. The van der Waals surface area contributed by atoms with Gasteiger partial charge in [-0.15, -0.1) is 0 Å². The van der Waals surface area contributed by atoms with E-state index in [0.29, 0.717) is 11.3 Å². The van der Waals surface area contributed by atoms with Gasteiger partial charge in [0.25, 0.3) is 0 Å². The second-order valence-corrected chi connectivity index (χ2v) is 7.45. The highest BCUT2D eigenvalue weighted by Crippen LogP contribution is 2.44. The molecular formula is C28H46. The molecule has 0 N–H and O–H groups in total. The lowest BCUT2D eigenvalue weighted by atomic mass is 9.68. The lowest BCUT2D eigenvalue weighted by Crippen LogP contribution is -2.24. The lowest BCUT2D eigenvalue weighted by Gasteiger charge is -2.37. The monoisotopic (exact) mass is 382 g/mol. The van der Waals surface area contributed by atoms with E-state index in [1.165, 1.54) is 42.4 Å². The first-order valence-corrected chi connectivity index (χ1v) is 11.8. The molecule has 0 aromatic heterocycles. The van der Waals surface area contributed by atoms with Crippen molar-refractivity contribution in [1.82, 2.24) is 0 Å². The molecule has 0 aliphatic carbocycles. The zero-order chi connectivity index (χ0) is 21.4. The number of aryl methyl sites for hydroxylation is 2. The molecule has 28 heavy (non-hydrogen) atoms. The molecule has 2 unspecified atom stereocenters. The minimum atomic E-state index is 0.426. The molecule has 0 heterocycles. The molecule has 0 heteroatoms. The molecule has 2 aromatic carbocycles. The molecule has 0 nitrogen and oxygen atoms in total. The highest BCUT2D eigenvalue weighted by atomic mass is 14.4. The van der Waals surface area contributed by atoms with Gasteiger partial charge in [0.05, 0.1) is 0 Å². The van der Waals surface area contributed by atoms with Crippen LogP contribution in [0.25, 0.3) is 0 Å². The van der Waals surface area contributed by atoms with Crippen molar-refractivity contribution in [3.63, 3.8) is 0 Å². The molecule has 0 bridgehead atoms. The Morgan fingerprint density at radius 3 is 1.64 bits per heavy atom. The minimum absolute atomic E-state index is 0.426. The van der Waals surface area contributed by atoms with Crippen LogP contribution in [0, 0.1) is 5.41 Å². The molecule has 0 amide bonds. The summed E-state index contributed by atoms with van der Waals surface area (Å²) in [7, 11) is 0. The zero-order valence-electron chi connectivity index (χ0n) is 20.0. The van der Waals surface area contributed by atoms with Crippen molar-refractivity contribution in [2.24, 2.45) is 5.41 Å². The highest BCUT2D eigenvalue weighted by molar-refractivity contribution is 5.28. The Morgan fingerprint density at radius 1 is 0.714 bits per heavy atom. The van der Waals surface area contributed by atoms with Crippen molar-refractivity contribution < 1.29 is 0 Å². The number of rotatable bonds is 9. The Kier molecular flexibility index (Phi) is 14.5. The molecule has 0 spiro atoms. The number of benzene rings is 2. The van der Waals surface area contributed by atoms with Gasteiger partial charge in [-0.3, -0.25) is 0 Å². The predicted octanol–water partition coefficient (Wildman–Crippen LogP) is 9.23. The quantitative estimate of drug-likeness (QED) is 0.405. The Labute approximate surface area is 176 Å². The van der Waals surface area contributed by atoms with Gasteiger partial charge in [0.15, 0.2) is 0 Å². The van der Waals surface area contributed by atoms with Gasteiger partial charge >= 0.3 is 0 Å². The van der Waals surface area contributed by atoms with E-state index in [0.717, 1.165) is 12.8 Å². The van der Waals surface area contributed by atoms with Gasteiger partial charge < -0.3 is 0 Å². The summed E-state index contributed by atoms with van der Waals surface area (Å²) in [4.78, 5) is 0. The fourth-order valence-corrected chi connectivity index (χ4v) is 4.15. The average molecular weight is 383 g/mol. The van der Waals surface area contributed by atoms with Crippen molar-refractivity contribution in [3.05, 3.63) is 71.3 Å². The van der Waals surface area contributed by atoms with Gasteiger partial charge in [0.2, 0.25) is 0 Å². The molecule has 0 radical (unpaired) electrons. The van der Waals surface area contributed by atoms with Crippen molar-refractivity contribution in [3.8, 4) is 0 Å². The summed E-state index contributed by atoms with van der Waals surface area (Å²) in [5.41, 5.74) is 4.83. The molecule has 0 fully saturated rings. The fourth-order valence-electron chi connectivity index (χ4n) is 4.15. The topological polar surface area (TPSA) is 0 Å². The smallest absolute Gasteiger partial charge is 0.0111 e. The van der Waals surface area contributed by atoms with E-state index in [4.69, 9.17) is 0 Å². The lowest BCUT2D eigenvalue weighted by molar-refractivity contribution is 0.213. The number of hydrogen-bond acceptors (Lipinski definition) is 0. The normalized spacial score (nSPS) is 13.3. The van der Waals surface area contributed by atoms with Crippen LogP contribution in [0.3, 0.4) is 0 Å². The van der Waals surface area contributed by atoms with Crippen LogP contribution in [0.5, 0.6) is 0 Å². The Hall–Kier alpha value is -1.56. The summed E-state index contributed by atoms with van der Waals surface area (Å²) in [6, 6.07) is 20.3. The van der Waals surface area contributed by atoms with Gasteiger partial charge in [0, 0.05) is 0 Å². The molecule has 0 saturated carbocycles. The van der Waals surface area contributed by atoms with Crippen LogP contribution in [-0.4, -0.2) is 0 Å². The standard InChI is InChI=1S/C24H34.2C2H6/c1-5-19-24(4,7-3)23(6-2)22-17-15-21(16-18-22)14-13-20-11-9-8-10-12-20;2*1-2/h8-12,15-18,23H,5-7,13-14,19H2,1-4H3;2*1-2H3. The van der Waals surface area contributed by atoms with Crippen LogP contribution in [0.2, 0.25) is 0 Å². The van der Waals surface area contributed by atoms with E-state index in [1.54, 1.807) is 0 Å². The molecule has 0 aliphatic rings. The first kappa shape index (κ1) is 26.4. The first-order chi connectivity index (χ1) is 13.6. The van der Waals surface area contributed by atoms with Gasteiger partial charge in [-0.1, -0.05) is 123 Å². The summed E-state index contributed by atoms with van der Waals surface area (Å²) in [6.45, 7) is 17.5. The highest BCUT2D eigenvalue weighted by Gasteiger charge is 2.31. The third-order valence-electron chi connectivity index (χ3n) is 5.81. The molecule has 2 atom stereocenters. The van der Waals surface area contributed by atoms with Crippen LogP contribution < -0.4 is 0 Å². The summed E-state index contributed by atoms with van der Waals surface area (Å²) in [6.07, 6.45) is 7.33. The summed E-state index contributed by atoms with van der Waals surface area (Å²) >= 11 is 0. The Morgan fingerprint density at radius 2 is 1.21 bits per heavy atom. The van der Waals surface area contributed by atoms with Gasteiger partial charge in [0.1, 0.15) is 0 Å². The predicted molar refractivity (Wildman–Crippen MR) is 129 cm³/mol.